The van der Waals surface area contributed by atoms with Crippen LogP contribution >= 0.6 is 0 Å². The van der Waals surface area contributed by atoms with Crippen molar-refractivity contribution >= 4 is 0 Å². The molecule has 1 aliphatic heterocycles. The Labute approximate surface area is 153 Å². The molecule has 7 nitrogen and oxygen atoms in total. The standard InChI is InChI=1S/C19H23N7/c1-24-11-13-25(14-12-24)18(17-9-5-6-10-20-17)19-21-22-23-26(19)15-16-7-3-2-4-8-16/h2-10,18H,11-15H2,1H3. The van der Waals surface area contributed by atoms with Crippen molar-refractivity contribution in [3.8, 4) is 0 Å². The van der Waals surface area contributed by atoms with Crippen molar-refractivity contribution in [3.05, 3.63) is 71.8 Å². The van der Waals surface area contributed by atoms with Gasteiger partial charge in [-0.25, -0.2) is 4.68 Å². The largest absolute Gasteiger partial charge is 0.304 e. The summed E-state index contributed by atoms with van der Waals surface area (Å²) in [5, 5.41) is 12.6. The Morgan fingerprint density at radius 1 is 0.962 bits per heavy atom. The van der Waals surface area contributed by atoms with Crippen LogP contribution < -0.4 is 0 Å². The second-order valence-corrected chi connectivity index (χ2v) is 6.68. The molecule has 0 saturated carbocycles. The highest BCUT2D eigenvalue weighted by atomic mass is 15.6. The third kappa shape index (κ3) is 3.63. The molecular formula is C19H23N7. The SMILES string of the molecule is CN1CCN(C(c2ccccn2)c2nnnn2Cc2ccccc2)CC1. The maximum Gasteiger partial charge on any atom is 0.174 e. The number of aromatic nitrogens is 5. The van der Waals surface area contributed by atoms with Crippen LogP contribution in [0.5, 0.6) is 0 Å². The maximum absolute atomic E-state index is 4.61. The van der Waals surface area contributed by atoms with Crippen molar-refractivity contribution in [2.24, 2.45) is 0 Å². The fourth-order valence-electron chi connectivity index (χ4n) is 3.38. The summed E-state index contributed by atoms with van der Waals surface area (Å²) < 4.78 is 1.90. The molecule has 0 bridgehead atoms. The van der Waals surface area contributed by atoms with Crippen LogP contribution in [0.2, 0.25) is 0 Å². The number of hydrogen-bond donors (Lipinski definition) is 0. The number of piperazine rings is 1. The summed E-state index contributed by atoms with van der Waals surface area (Å²) in [7, 11) is 2.16. The van der Waals surface area contributed by atoms with E-state index in [0.29, 0.717) is 6.54 Å². The number of pyridine rings is 1. The summed E-state index contributed by atoms with van der Waals surface area (Å²) in [4.78, 5) is 9.39. The minimum absolute atomic E-state index is 0.0383. The number of rotatable bonds is 5. The van der Waals surface area contributed by atoms with E-state index in [9.17, 15) is 0 Å². The van der Waals surface area contributed by atoms with E-state index in [2.05, 4.69) is 55.6 Å². The number of tetrazole rings is 1. The Morgan fingerprint density at radius 2 is 1.73 bits per heavy atom. The summed E-state index contributed by atoms with van der Waals surface area (Å²) in [5.41, 5.74) is 2.17. The Hall–Kier alpha value is -2.64. The Bertz CT molecular complexity index is 810. The van der Waals surface area contributed by atoms with Gasteiger partial charge in [0.15, 0.2) is 5.82 Å². The first-order chi connectivity index (χ1) is 12.8. The quantitative estimate of drug-likeness (QED) is 0.695. The molecular weight excluding hydrogens is 326 g/mol. The second-order valence-electron chi connectivity index (χ2n) is 6.68. The lowest BCUT2D eigenvalue weighted by Crippen LogP contribution is -2.47. The van der Waals surface area contributed by atoms with E-state index in [-0.39, 0.29) is 6.04 Å². The van der Waals surface area contributed by atoms with Crippen molar-refractivity contribution < 1.29 is 0 Å². The van der Waals surface area contributed by atoms with Gasteiger partial charge in [-0.2, -0.15) is 0 Å². The van der Waals surface area contributed by atoms with Crippen molar-refractivity contribution in [1.82, 2.24) is 35.0 Å². The summed E-state index contributed by atoms with van der Waals surface area (Å²) >= 11 is 0. The highest BCUT2D eigenvalue weighted by Crippen LogP contribution is 2.26. The molecule has 26 heavy (non-hydrogen) atoms. The average molecular weight is 349 g/mol. The van der Waals surface area contributed by atoms with E-state index in [1.54, 1.807) is 0 Å². The molecule has 7 heteroatoms. The first-order valence-corrected chi connectivity index (χ1v) is 8.95. The number of benzene rings is 1. The van der Waals surface area contributed by atoms with Crippen LogP contribution in [-0.2, 0) is 6.54 Å². The van der Waals surface area contributed by atoms with Gasteiger partial charge in [-0.15, -0.1) is 5.10 Å². The van der Waals surface area contributed by atoms with E-state index in [1.807, 2.05) is 41.2 Å². The maximum atomic E-state index is 4.61. The molecule has 1 aromatic carbocycles. The Morgan fingerprint density at radius 3 is 2.46 bits per heavy atom. The second kappa shape index (κ2) is 7.72. The van der Waals surface area contributed by atoms with Crippen LogP contribution in [0.25, 0.3) is 0 Å². The van der Waals surface area contributed by atoms with Gasteiger partial charge in [-0.3, -0.25) is 9.88 Å². The average Bonchev–Trinajstić information content (AvgIpc) is 3.13. The predicted octanol–water partition coefficient (Wildman–Crippen LogP) is 1.45. The van der Waals surface area contributed by atoms with Crippen LogP contribution in [0.15, 0.2) is 54.7 Å². The van der Waals surface area contributed by atoms with E-state index in [1.165, 1.54) is 5.56 Å². The summed E-state index contributed by atoms with van der Waals surface area (Å²) in [6.45, 7) is 4.65. The third-order valence-corrected chi connectivity index (χ3v) is 4.85. The molecule has 134 valence electrons. The number of nitrogens with zero attached hydrogens (tertiary/aromatic N) is 7. The van der Waals surface area contributed by atoms with Crippen LogP contribution in [-0.4, -0.2) is 68.2 Å². The molecule has 0 aliphatic carbocycles. The molecule has 1 atom stereocenters. The summed E-state index contributed by atoms with van der Waals surface area (Å²) in [5.74, 6) is 0.845. The molecule has 2 aromatic heterocycles. The molecule has 0 amide bonds. The number of likely N-dealkylation sites (N-methyl/N-ethyl adjacent to an activating group) is 1. The zero-order valence-electron chi connectivity index (χ0n) is 14.9. The lowest BCUT2D eigenvalue weighted by molar-refractivity contribution is 0.120. The van der Waals surface area contributed by atoms with Crippen LogP contribution in [0, 0.1) is 0 Å². The first kappa shape index (κ1) is 16.8. The van der Waals surface area contributed by atoms with Gasteiger partial charge in [0, 0.05) is 32.4 Å². The van der Waals surface area contributed by atoms with Gasteiger partial charge in [0.25, 0.3) is 0 Å². The molecule has 1 fully saturated rings. The van der Waals surface area contributed by atoms with Gasteiger partial charge >= 0.3 is 0 Å². The smallest absolute Gasteiger partial charge is 0.174 e. The highest BCUT2D eigenvalue weighted by Gasteiger charge is 2.30. The minimum Gasteiger partial charge on any atom is -0.304 e. The molecule has 3 heterocycles. The van der Waals surface area contributed by atoms with Crippen molar-refractivity contribution in [2.45, 2.75) is 12.6 Å². The molecule has 1 aliphatic rings. The number of hydrogen-bond acceptors (Lipinski definition) is 6. The Kier molecular flexibility index (Phi) is 4.99. The van der Waals surface area contributed by atoms with Gasteiger partial charge in [-0.1, -0.05) is 36.4 Å². The van der Waals surface area contributed by atoms with Gasteiger partial charge in [-0.05, 0) is 35.2 Å². The molecule has 3 aromatic rings. The van der Waals surface area contributed by atoms with Gasteiger partial charge in [0.1, 0.15) is 6.04 Å². The van der Waals surface area contributed by atoms with E-state index in [4.69, 9.17) is 0 Å². The van der Waals surface area contributed by atoms with Crippen molar-refractivity contribution in [1.29, 1.82) is 0 Å². The topological polar surface area (TPSA) is 63.0 Å². The van der Waals surface area contributed by atoms with Crippen molar-refractivity contribution in [3.63, 3.8) is 0 Å². The van der Waals surface area contributed by atoms with Crippen LogP contribution in [0.1, 0.15) is 23.1 Å². The summed E-state index contributed by atoms with van der Waals surface area (Å²) in [6, 6.07) is 16.3. The molecule has 1 unspecified atom stereocenters. The Balaban J connectivity index is 1.67. The zero-order chi connectivity index (χ0) is 17.8. The fraction of sp³-hybridized carbons (Fsp3) is 0.368. The molecule has 0 radical (unpaired) electrons. The predicted molar refractivity (Wildman–Crippen MR) is 98.5 cm³/mol. The van der Waals surface area contributed by atoms with Crippen LogP contribution in [0.3, 0.4) is 0 Å². The van der Waals surface area contributed by atoms with Gasteiger partial charge in [0.2, 0.25) is 0 Å². The molecule has 4 rings (SSSR count). The van der Waals surface area contributed by atoms with Gasteiger partial charge < -0.3 is 4.90 Å². The third-order valence-electron chi connectivity index (χ3n) is 4.85. The lowest BCUT2D eigenvalue weighted by Gasteiger charge is -2.37. The molecule has 0 N–H and O–H groups in total. The van der Waals surface area contributed by atoms with Crippen LogP contribution in [0.4, 0.5) is 0 Å². The minimum atomic E-state index is -0.0383. The zero-order valence-corrected chi connectivity index (χ0v) is 14.9. The molecule has 1 saturated heterocycles. The highest BCUT2D eigenvalue weighted by molar-refractivity contribution is 5.19. The normalized spacial score (nSPS) is 17.3. The van der Waals surface area contributed by atoms with Crippen molar-refractivity contribution in [2.75, 3.05) is 33.2 Å². The van der Waals surface area contributed by atoms with Gasteiger partial charge in [0.05, 0.1) is 12.2 Å². The molecule has 0 spiro atoms. The first-order valence-electron chi connectivity index (χ1n) is 8.95. The lowest BCUT2D eigenvalue weighted by atomic mass is 10.1. The summed E-state index contributed by atoms with van der Waals surface area (Å²) in [6.07, 6.45) is 1.84. The monoisotopic (exact) mass is 349 g/mol. The fourth-order valence-corrected chi connectivity index (χ4v) is 3.38. The van der Waals surface area contributed by atoms with E-state index in [0.717, 1.165) is 37.7 Å². The van der Waals surface area contributed by atoms with E-state index < -0.39 is 0 Å². The van der Waals surface area contributed by atoms with E-state index >= 15 is 0 Å².